The molecule has 0 radical (unpaired) electrons. The molecule has 0 amide bonds. The predicted octanol–water partition coefficient (Wildman–Crippen LogP) is 3.66. The Morgan fingerprint density at radius 2 is 1.84 bits per heavy atom. The van der Waals surface area contributed by atoms with Gasteiger partial charge in [-0.25, -0.2) is 4.39 Å². The SMILES string of the molecule is CC(=O)c1ccc(F)c(N(C)Cc2ccccc2)c1. The van der Waals surface area contributed by atoms with Gasteiger partial charge in [-0.1, -0.05) is 30.3 Å². The van der Waals surface area contributed by atoms with E-state index >= 15 is 0 Å². The minimum Gasteiger partial charge on any atom is -0.368 e. The van der Waals surface area contributed by atoms with Crippen molar-refractivity contribution in [3.05, 3.63) is 65.5 Å². The zero-order chi connectivity index (χ0) is 13.8. The summed E-state index contributed by atoms with van der Waals surface area (Å²) in [5.41, 5.74) is 2.06. The van der Waals surface area contributed by atoms with E-state index in [-0.39, 0.29) is 11.6 Å². The summed E-state index contributed by atoms with van der Waals surface area (Å²) in [5, 5.41) is 0. The number of carbonyl (C=O) groups is 1. The van der Waals surface area contributed by atoms with Gasteiger partial charge in [0.15, 0.2) is 5.78 Å². The molecule has 98 valence electrons. The van der Waals surface area contributed by atoms with Gasteiger partial charge in [0.1, 0.15) is 5.82 Å². The Morgan fingerprint density at radius 1 is 1.16 bits per heavy atom. The number of anilines is 1. The topological polar surface area (TPSA) is 20.3 Å². The zero-order valence-corrected chi connectivity index (χ0v) is 11.1. The Hall–Kier alpha value is -2.16. The molecular weight excluding hydrogens is 241 g/mol. The first kappa shape index (κ1) is 13.3. The van der Waals surface area contributed by atoms with Gasteiger partial charge in [-0.2, -0.15) is 0 Å². The summed E-state index contributed by atoms with van der Waals surface area (Å²) in [4.78, 5) is 13.2. The first-order chi connectivity index (χ1) is 9.08. The Balaban J connectivity index is 2.25. The molecule has 0 saturated heterocycles. The number of Topliss-reactive ketones (excluding diaryl/α,β-unsaturated/α-hetero) is 1. The molecular formula is C16H16FNO. The van der Waals surface area contributed by atoms with Crippen LogP contribution in [0.25, 0.3) is 0 Å². The van der Waals surface area contributed by atoms with Gasteiger partial charge >= 0.3 is 0 Å². The Labute approximate surface area is 112 Å². The van der Waals surface area contributed by atoms with E-state index in [4.69, 9.17) is 0 Å². The lowest BCUT2D eigenvalue weighted by Gasteiger charge is -2.20. The van der Waals surface area contributed by atoms with Crippen LogP contribution in [0.5, 0.6) is 0 Å². The average Bonchev–Trinajstić information content (AvgIpc) is 2.40. The first-order valence-electron chi connectivity index (χ1n) is 6.13. The summed E-state index contributed by atoms with van der Waals surface area (Å²) in [7, 11) is 1.81. The van der Waals surface area contributed by atoms with Crippen molar-refractivity contribution in [3.8, 4) is 0 Å². The third kappa shape index (κ3) is 3.19. The maximum Gasteiger partial charge on any atom is 0.159 e. The second-order valence-electron chi connectivity index (χ2n) is 4.56. The molecule has 0 aliphatic heterocycles. The smallest absolute Gasteiger partial charge is 0.159 e. The van der Waals surface area contributed by atoms with Gasteiger partial charge in [-0.05, 0) is 30.7 Å². The number of benzene rings is 2. The van der Waals surface area contributed by atoms with Crippen molar-refractivity contribution in [2.75, 3.05) is 11.9 Å². The highest BCUT2D eigenvalue weighted by Crippen LogP contribution is 2.21. The van der Waals surface area contributed by atoms with Crippen molar-refractivity contribution in [3.63, 3.8) is 0 Å². The number of rotatable bonds is 4. The van der Waals surface area contributed by atoms with Gasteiger partial charge in [0.2, 0.25) is 0 Å². The number of hydrogen-bond donors (Lipinski definition) is 0. The summed E-state index contributed by atoms with van der Waals surface area (Å²) in [5.74, 6) is -0.377. The van der Waals surface area contributed by atoms with Crippen molar-refractivity contribution >= 4 is 11.5 Å². The normalized spacial score (nSPS) is 10.3. The van der Waals surface area contributed by atoms with E-state index in [1.54, 1.807) is 11.0 Å². The molecule has 2 aromatic carbocycles. The zero-order valence-electron chi connectivity index (χ0n) is 11.1. The van der Waals surface area contributed by atoms with Crippen molar-refractivity contribution < 1.29 is 9.18 Å². The predicted molar refractivity (Wildman–Crippen MR) is 75.0 cm³/mol. The van der Waals surface area contributed by atoms with Crippen molar-refractivity contribution in [2.45, 2.75) is 13.5 Å². The fourth-order valence-electron chi connectivity index (χ4n) is 1.97. The molecule has 0 aromatic heterocycles. The fraction of sp³-hybridized carbons (Fsp3) is 0.188. The first-order valence-corrected chi connectivity index (χ1v) is 6.13. The Morgan fingerprint density at radius 3 is 2.47 bits per heavy atom. The number of ketones is 1. The minimum atomic E-state index is -0.316. The average molecular weight is 257 g/mol. The van der Waals surface area contributed by atoms with Crippen LogP contribution in [0.3, 0.4) is 0 Å². The molecule has 0 spiro atoms. The van der Waals surface area contributed by atoms with Gasteiger partial charge < -0.3 is 4.90 Å². The molecule has 2 nitrogen and oxygen atoms in total. The molecule has 0 fully saturated rings. The third-order valence-corrected chi connectivity index (χ3v) is 3.03. The van der Waals surface area contributed by atoms with E-state index in [1.807, 2.05) is 37.4 Å². The molecule has 0 aliphatic rings. The standard InChI is InChI=1S/C16H16FNO/c1-12(19)14-8-9-15(17)16(10-14)18(2)11-13-6-4-3-5-7-13/h3-10H,11H2,1-2H3. The van der Waals surface area contributed by atoms with E-state index in [9.17, 15) is 9.18 Å². The quantitative estimate of drug-likeness (QED) is 0.779. The van der Waals surface area contributed by atoms with Gasteiger partial charge in [0, 0.05) is 19.2 Å². The van der Waals surface area contributed by atoms with Crippen molar-refractivity contribution in [1.29, 1.82) is 0 Å². The Bertz CT molecular complexity index is 581. The number of nitrogens with zero attached hydrogens (tertiary/aromatic N) is 1. The highest BCUT2D eigenvalue weighted by molar-refractivity contribution is 5.95. The molecule has 19 heavy (non-hydrogen) atoms. The number of halogens is 1. The lowest BCUT2D eigenvalue weighted by Crippen LogP contribution is -2.18. The molecule has 2 rings (SSSR count). The van der Waals surface area contributed by atoms with E-state index in [2.05, 4.69) is 0 Å². The molecule has 2 aromatic rings. The second kappa shape index (κ2) is 5.65. The van der Waals surface area contributed by atoms with Crippen LogP contribution in [-0.2, 0) is 6.54 Å². The minimum absolute atomic E-state index is 0.0608. The van der Waals surface area contributed by atoms with E-state index in [0.717, 1.165) is 5.56 Å². The molecule has 0 saturated carbocycles. The van der Waals surface area contributed by atoms with Crippen LogP contribution in [0.1, 0.15) is 22.8 Å². The number of carbonyl (C=O) groups excluding carboxylic acids is 1. The lowest BCUT2D eigenvalue weighted by molar-refractivity contribution is 0.101. The second-order valence-corrected chi connectivity index (χ2v) is 4.56. The molecule has 0 unspecified atom stereocenters. The molecule has 3 heteroatoms. The molecule has 0 atom stereocenters. The highest BCUT2D eigenvalue weighted by atomic mass is 19.1. The highest BCUT2D eigenvalue weighted by Gasteiger charge is 2.10. The largest absolute Gasteiger partial charge is 0.368 e. The maximum atomic E-state index is 13.8. The van der Waals surface area contributed by atoms with Gasteiger partial charge in [-0.3, -0.25) is 4.79 Å². The fourth-order valence-corrected chi connectivity index (χ4v) is 1.97. The van der Waals surface area contributed by atoms with Crippen LogP contribution in [0.15, 0.2) is 48.5 Å². The molecule has 0 N–H and O–H groups in total. The maximum absolute atomic E-state index is 13.8. The van der Waals surface area contributed by atoms with E-state index < -0.39 is 0 Å². The van der Waals surface area contributed by atoms with Gasteiger partial charge in [0.05, 0.1) is 5.69 Å². The molecule has 0 bridgehead atoms. The third-order valence-electron chi connectivity index (χ3n) is 3.03. The van der Waals surface area contributed by atoms with Crippen LogP contribution in [0.2, 0.25) is 0 Å². The summed E-state index contributed by atoms with van der Waals surface area (Å²) >= 11 is 0. The summed E-state index contributed by atoms with van der Waals surface area (Å²) in [6.45, 7) is 2.08. The van der Waals surface area contributed by atoms with Crippen molar-refractivity contribution in [2.24, 2.45) is 0 Å². The lowest BCUT2D eigenvalue weighted by atomic mass is 10.1. The van der Waals surface area contributed by atoms with Gasteiger partial charge in [-0.15, -0.1) is 0 Å². The van der Waals surface area contributed by atoms with E-state index in [0.29, 0.717) is 17.8 Å². The van der Waals surface area contributed by atoms with Crippen LogP contribution < -0.4 is 4.90 Å². The summed E-state index contributed by atoms with van der Waals surface area (Å²) in [6.07, 6.45) is 0. The van der Waals surface area contributed by atoms with Crippen LogP contribution in [0.4, 0.5) is 10.1 Å². The molecule has 0 heterocycles. The van der Waals surface area contributed by atoms with Crippen LogP contribution in [-0.4, -0.2) is 12.8 Å². The number of hydrogen-bond acceptors (Lipinski definition) is 2. The summed E-state index contributed by atoms with van der Waals surface area (Å²) in [6, 6.07) is 14.3. The monoisotopic (exact) mass is 257 g/mol. The van der Waals surface area contributed by atoms with Gasteiger partial charge in [0.25, 0.3) is 0 Å². The van der Waals surface area contributed by atoms with Crippen LogP contribution >= 0.6 is 0 Å². The summed E-state index contributed by atoms with van der Waals surface area (Å²) < 4.78 is 13.8. The van der Waals surface area contributed by atoms with Crippen molar-refractivity contribution in [1.82, 2.24) is 0 Å². The molecule has 0 aliphatic carbocycles. The Kier molecular flexibility index (Phi) is 3.95. The van der Waals surface area contributed by atoms with Crippen LogP contribution in [0, 0.1) is 5.82 Å². The van der Waals surface area contributed by atoms with E-state index in [1.165, 1.54) is 19.1 Å².